The van der Waals surface area contributed by atoms with Gasteiger partial charge in [-0.15, -0.1) is 0 Å². The maximum Gasteiger partial charge on any atom is 0.361 e. The molecule has 0 aliphatic carbocycles. The van der Waals surface area contributed by atoms with Crippen molar-refractivity contribution in [2.75, 3.05) is 47.5 Å². The molecular formula is C74H130NO8+. The highest BCUT2D eigenvalue weighted by Crippen LogP contribution is 2.18. The molecule has 0 aliphatic rings. The molecule has 0 heterocycles. The molecule has 9 nitrogen and oxygen atoms in total. The molecule has 478 valence electrons. The lowest BCUT2D eigenvalue weighted by Crippen LogP contribution is -2.40. The summed E-state index contributed by atoms with van der Waals surface area (Å²) in [5.41, 5.74) is 0. The van der Waals surface area contributed by atoms with Gasteiger partial charge in [0, 0.05) is 12.8 Å². The first-order valence-electron chi connectivity index (χ1n) is 34.4. The summed E-state index contributed by atoms with van der Waals surface area (Å²) in [6, 6.07) is 0. The van der Waals surface area contributed by atoms with E-state index in [0.717, 1.165) is 96.3 Å². The minimum Gasteiger partial charge on any atom is -0.477 e. The smallest absolute Gasteiger partial charge is 0.361 e. The van der Waals surface area contributed by atoms with Crippen LogP contribution in [0, 0.1) is 0 Å². The van der Waals surface area contributed by atoms with Crippen molar-refractivity contribution in [2.45, 2.75) is 309 Å². The molecule has 0 bridgehead atoms. The summed E-state index contributed by atoms with van der Waals surface area (Å²) in [6.45, 7) is 4.76. The van der Waals surface area contributed by atoms with Crippen molar-refractivity contribution in [1.29, 1.82) is 0 Å². The number of nitrogens with zero attached hydrogens (tertiary/aromatic N) is 1. The number of esters is 2. The third-order valence-electron chi connectivity index (χ3n) is 14.9. The Morgan fingerprint density at radius 2 is 0.687 bits per heavy atom. The Bertz CT molecular complexity index is 1680. The minimum absolute atomic E-state index is 0.179. The molecule has 0 aromatic rings. The number of aliphatic carboxylic acids is 1. The molecule has 0 amide bonds. The average Bonchev–Trinajstić information content (AvgIpc) is 3.46. The molecule has 9 heteroatoms. The number of unbranched alkanes of at least 4 members (excludes halogenated alkanes) is 32. The lowest BCUT2D eigenvalue weighted by Gasteiger charge is -2.25. The maximum absolute atomic E-state index is 12.9. The maximum atomic E-state index is 12.9. The van der Waals surface area contributed by atoms with Crippen LogP contribution in [0.4, 0.5) is 0 Å². The number of carboxylic acid groups (broad SMARTS) is 1. The second-order valence-electron chi connectivity index (χ2n) is 24.1. The van der Waals surface area contributed by atoms with E-state index < -0.39 is 24.3 Å². The van der Waals surface area contributed by atoms with E-state index in [4.69, 9.17) is 18.9 Å². The second kappa shape index (κ2) is 64.2. The number of likely N-dealkylation sites (N-methyl/N-ethyl adjacent to an activating group) is 1. The fraction of sp³-hybridized carbons (Fsp3) is 0.743. The third kappa shape index (κ3) is 65.6. The molecular weight excluding hydrogens is 1030 g/mol. The predicted octanol–water partition coefficient (Wildman–Crippen LogP) is 21.2. The van der Waals surface area contributed by atoms with E-state index in [1.165, 1.54) is 167 Å². The number of hydrogen-bond acceptors (Lipinski definition) is 7. The van der Waals surface area contributed by atoms with Gasteiger partial charge in [-0.2, -0.15) is 0 Å². The molecule has 83 heavy (non-hydrogen) atoms. The molecule has 0 spiro atoms. The highest BCUT2D eigenvalue weighted by molar-refractivity contribution is 5.71. The molecule has 2 atom stereocenters. The van der Waals surface area contributed by atoms with E-state index >= 15 is 0 Å². The Balaban J connectivity index is 4.19. The van der Waals surface area contributed by atoms with Crippen LogP contribution in [0.15, 0.2) is 97.2 Å². The number of carbonyl (C=O) groups excluding carboxylic acids is 2. The fourth-order valence-corrected chi connectivity index (χ4v) is 9.62. The summed E-state index contributed by atoms with van der Waals surface area (Å²) in [4.78, 5) is 37.6. The van der Waals surface area contributed by atoms with Crippen LogP contribution in [-0.4, -0.2) is 87.4 Å². The van der Waals surface area contributed by atoms with Crippen molar-refractivity contribution in [1.82, 2.24) is 0 Å². The molecule has 0 saturated carbocycles. The number of ether oxygens (including phenoxy) is 4. The lowest BCUT2D eigenvalue weighted by atomic mass is 10.0. The van der Waals surface area contributed by atoms with Crippen LogP contribution in [0.1, 0.15) is 296 Å². The average molecular weight is 1160 g/mol. The van der Waals surface area contributed by atoms with Crippen LogP contribution in [0.25, 0.3) is 0 Å². The van der Waals surface area contributed by atoms with E-state index in [1.54, 1.807) is 0 Å². The van der Waals surface area contributed by atoms with E-state index in [-0.39, 0.29) is 32.2 Å². The number of rotatable bonds is 63. The van der Waals surface area contributed by atoms with Crippen LogP contribution in [0.5, 0.6) is 0 Å². The van der Waals surface area contributed by atoms with Gasteiger partial charge in [0.05, 0.1) is 34.4 Å². The lowest BCUT2D eigenvalue weighted by molar-refractivity contribution is -0.870. The van der Waals surface area contributed by atoms with Gasteiger partial charge in [0.2, 0.25) is 0 Å². The first kappa shape index (κ1) is 79.2. The summed E-state index contributed by atoms with van der Waals surface area (Å²) in [6.07, 6.45) is 85.2. The van der Waals surface area contributed by atoms with Crippen molar-refractivity contribution in [2.24, 2.45) is 0 Å². The first-order chi connectivity index (χ1) is 40.6. The van der Waals surface area contributed by atoms with Crippen LogP contribution >= 0.6 is 0 Å². The van der Waals surface area contributed by atoms with E-state index in [1.807, 2.05) is 21.1 Å². The topological polar surface area (TPSA) is 108 Å². The predicted molar refractivity (Wildman–Crippen MR) is 355 cm³/mol. The van der Waals surface area contributed by atoms with Crippen molar-refractivity contribution < 1.29 is 42.9 Å². The largest absolute Gasteiger partial charge is 0.477 e. The standard InChI is InChI=1S/C74H129NO8/c1-6-8-10-12-14-16-18-20-22-24-26-28-30-32-34-36-38-40-42-44-46-48-50-52-54-56-58-60-62-64-71(76)81-68-70(69-82-74(73(78)79)80-67-66-75(3,4)5)83-72(77)65-63-61-59-57-55-53-51-49-47-45-43-41-39-37-35-33-31-29-27-25-23-21-19-17-15-13-11-9-7-2/h9,11,15,17,21,23,27,29,33,35,39,41,45,47,51,53,70,74H,6-8,10,12-14,16,18-20,22,24-26,28,30-32,34,36-38,40,42-44,46,48-50,52,54-69H2,1-5H3/p+1/b11-9-,17-15-,23-21-,29-27-,35-33-,41-39-,47-45-,53-51-. The number of carbonyl (C=O) groups is 3. The van der Waals surface area contributed by atoms with Crippen molar-refractivity contribution in [3.63, 3.8) is 0 Å². The molecule has 0 rings (SSSR count). The van der Waals surface area contributed by atoms with Gasteiger partial charge in [0.25, 0.3) is 6.29 Å². The Morgan fingerprint density at radius 3 is 1.02 bits per heavy atom. The summed E-state index contributed by atoms with van der Waals surface area (Å²) >= 11 is 0. The van der Waals surface area contributed by atoms with Crippen molar-refractivity contribution in [3.05, 3.63) is 97.2 Å². The molecule has 0 fully saturated rings. The third-order valence-corrected chi connectivity index (χ3v) is 14.9. The molecule has 0 aliphatic heterocycles. The van der Waals surface area contributed by atoms with Gasteiger partial charge in [-0.3, -0.25) is 9.59 Å². The normalized spacial score (nSPS) is 13.3. The zero-order valence-electron chi connectivity index (χ0n) is 54.6. The van der Waals surface area contributed by atoms with Crippen LogP contribution in [0.3, 0.4) is 0 Å². The Morgan fingerprint density at radius 1 is 0.373 bits per heavy atom. The zero-order chi connectivity index (χ0) is 60.5. The van der Waals surface area contributed by atoms with E-state index in [2.05, 4.69) is 111 Å². The van der Waals surface area contributed by atoms with Crippen LogP contribution in [0.2, 0.25) is 0 Å². The van der Waals surface area contributed by atoms with Gasteiger partial charge in [-0.1, -0.05) is 304 Å². The van der Waals surface area contributed by atoms with Gasteiger partial charge in [-0.05, 0) is 77.0 Å². The number of carboxylic acids is 1. The van der Waals surface area contributed by atoms with Crippen LogP contribution in [-0.2, 0) is 33.3 Å². The summed E-state index contributed by atoms with van der Waals surface area (Å²) in [5.74, 6) is -2.03. The van der Waals surface area contributed by atoms with Gasteiger partial charge < -0.3 is 28.5 Å². The number of hydrogen-bond donors (Lipinski definition) is 1. The molecule has 0 radical (unpaired) electrons. The van der Waals surface area contributed by atoms with Gasteiger partial charge in [0.15, 0.2) is 6.10 Å². The first-order valence-corrected chi connectivity index (χ1v) is 34.4. The summed E-state index contributed by atoms with van der Waals surface area (Å²) in [7, 11) is 5.97. The SMILES string of the molecule is CC/C=C\C/C=C\C/C=C\C/C=C\C/C=C\C/C=C\C/C=C\C/C=C\CCCCCCC(=O)OC(COC(=O)CCCCCCCCCCCCCCCCCCCCCCCCCCCCCCC)COC(OCC[N+](C)(C)C)C(=O)O. The molecule has 1 N–H and O–H groups in total. The highest BCUT2D eigenvalue weighted by Gasteiger charge is 2.25. The Labute approximate surface area is 512 Å². The number of quaternary nitrogens is 1. The minimum atomic E-state index is -1.52. The van der Waals surface area contributed by atoms with E-state index in [9.17, 15) is 19.5 Å². The van der Waals surface area contributed by atoms with Gasteiger partial charge in [-0.25, -0.2) is 4.79 Å². The van der Waals surface area contributed by atoms with Crippen molar-refractivity contribution in [3.8, 4) is 0 Å². The summed E-state index contributed by atoms with van der Waals surface area (Å²) in [5, 5.41) is 9.74. The molecule has 0 saturated heterocycles. The van der Waals surface area contributed by atoms with Crippen LogP contribution < -0.4 is 0 Å². The van der Waals surface area contributed by atoms with Gasteiger partial charge >= 0.3 is 17.9 Å². The number of allylic oxidation sites excluding steroid dienone is 16. The fourth-order valence-electron chi connectivity index (χ4n) is 9.62. The zero-order valence-corrected chi connectivity index (χ0v) is 54.6. The van der Waals surface area contributed by atoms with E-state index in [0.29, 0.717) is 23.9 Å². The highest BCUT2D eigenvalue weighted by atomic mass is 16.7. The molecule has 0 aromatic carbocycles. The quantitative estimate of drug-likeness (QED) is 0.0211. The Hall–Kier alpha value is -3.79. The van der Waals surface area contributed by atoms with Crippen molar-refractivity contribution >= 4 is 17.9 Å². The van der Waals surface area contributed by atoms with Gasteiger partial charge in [0.1, 0.15) is 13.2 Å². The molecule has 0 aromatic heterocycles. The molecule has 2 unspecified atom stereocenters. The second-order valence-corrected chi connectivity index (χ2v) is 24.1. The monoisotopic (exact) mass is 1160 g/mol. The summed E-state index contributed by atoms with van der Waals surface area (Å²) < 4.78 is 22.9. The Kier molecular flexibility index (Phi) is 61.3.